The van der Waals surface area contributed by atoms with E-state index < -0.39 is 23.9 Å². The fraction of sp³-hybridized carbons (Fsp3) is 0.462. The average molecular weight is 869 g/mol. The van der Waals surface area contributed by atoms with Gasteiger partial charge in [-0.15, -0.1) is 0 Å². The maximum atomic E-state index is 11.0. The molecule has 12 nitrogen and oxygen atoms in total. The van der Waals surface area contributed by atoms with Crippen LogP contribution >= 0.6 is 0 Å². The van der Waals surface area contributed by atoms with Crippen LogP contribution in [0.3, 0.4) is 0 Å². The van der Waals surface area contributed by atoms with Crippen molar-refractivity contribution in [3.8, 4) is 51.7 Å². The highest BCUT2D eigenvalue weighted by molar-refractivity contribution is 5.85. The lowest BCUT2D eigenvalue weighted by molar-refractivity contribution is -0.144. The third-order valence-electron chi connectivity index (χ3n) is 14.0. The SMILES string of the molecule is CC(O)CNCNC1C#CCCOc2cc(ccc2O)C2Oc3c(c4c(c5c3CCC(CO)O5)-c3ccc(O)cc3C(Cc3ccc5[nH]ccc5c3)C4)CC12OCNC1CCCCC1. The molecule has 1 saturated carbocycles. The number of aromatic hydroxyl groups is 2. The van der Waals surface area contributed by atoms with Gasteiger partial charge >= 0.3 is 0 Å². The molecule has 0 amide bonds. The molecule has 336 valence electrons. The molecule has 6 unspecified atom stereocenters. The summed E-state index contributed by atoms with van der Waals surface area (Å²) in [7, 11) is 0. The average Bonchev–Trinajstić information content (AvgIpc) is 3.77. The van der Waals surface area contributed by atoms with Gasteiger partial charge in [0.15, 0.2) is 17.6 Å². The van der Waals surface area contributed by atoms with Crippen molar-refractivity contribution in [1.82, 2.24) is 20.9 Å². The Bertz CT molecular complexity index is 2560. The second-order valence-corrected chi connectivity index (χ2v) is 18.4. The minimum atomic E-state index is -1.14. The number of aromatic nitrogens is 1. The van der Waals surface area contributed by atoms with Crippen molar-refractivity contribution >= 4 is 10.9 Å². The Kier molecular flexibility index (Phi) is 12.2. The quantitative estimate of drug-likeness (QED) is 0.0377. The highest BCUT2D eigenvalue weighted by Crippen LogP contribution is 2.58. The number of hydrogen-bond acceptors (Lipinski definition) is 11. The van der Waals surface area contributed by atoms with Crippen LogP contribution < -0.4 is 30.2 Å². The normalized spacial score (nSPS) is 24.2. The van der Waals surface area contributed by atoms with E-state index in [2.05, 4.69) is 57.0 Å². The summed E-state index contributed by atoms with van der Waals surface area (Å²) in [5, 5.41) is 54.8. The van der Waals surface area contributed by atoms with Crippen LogP contribution in [-0.2, 0) is 30.4 Å². The number of ether oxygens (including phenoxy) is 4. The minimum Gasteiger partial charge on any atom is -0.508 e. The number of aromatic amines is 1. The lowest BCUT2D eigenvalue weighted by atomic mass is 9.69. The van der Waals surface area contributed by atoms with E-state index in [-0.39, 0.29) is 43.5 Å². The van der Waals surface area contributed by atoms with Crippen LogP contribution in [0.2, 0.25) is 0 Å². The lowest BCUT2D eigenvalue weighted by Crippen LogP contribution is -2.62. The van der Waals surface area contributed by atoms with Crippen molar-refractivity contribution in [3.05, 3.63) is 100 Å². The summed E-state index contributed by atoms with van der Waals surface area (Å²) in [4.78, 5) is 3.32. The molecular formula is C52H60N4O8. The fourth-order valence-corrected chi connectivity index (χ4v) is 10.9. The number of fused-ring (bicyclic) bond motifs is 13. The van der Waals surface area contributed by atoms with E-state index in [0.717, 1.165) is 74.9 Å². The molecule has 2 aliphatic carbocycles. The van der Waals surface area contributed by atoms with E-state index in [0.29, 0.717) is 62.9 Å². The van der Waals surface area contributed by atoms with Crippen molar-refractivity contribution in [1.29, 1.82) is 0 Å². The highest BCUT2D eigenvalue weighted by Gasteiger charge is 2.54. The van der Waals surface area contributed by atoms with E-state index in [9.17, 15) is 20.4 Å². The van der Waals surface area contributed by atoms with E-state index >= 15 is 0 Å². The van der Waals surface area contributed by atoms with Crippen molar-refractivity contribution in [2.24, 2.45) is 0 Å². The molecule has 5 aromatic rings. The van der Waals surface area contributed by atoms with Gasteiger partial charge in [-0.05, 0) is 127 Å². The van der Waals surface area contributed by atoms with Crippen LogP contribution in [0.1, 0.15) is 97.3 Å². The molecule has 6 atom stereocenters. The zero-order chi connectivity index (χ0) is 43.8. The van der Waals surface area contributed by atoms with Crippen molar-refractivity contribution in [3.63, 3.8) is 0 Å². The van der Waals surface area contributed by atoms with Gasteiger partial charge in [0.2, 0.25) is 0 Å². The molecule has 0 saturated heterocycles. The minimum absolute atomic E-state index is 0.00400. The number of aliphatic hydroxyl groups excluding tert-OH is 2. The lowest BCUT2D eigenvalue weighted by Gasteiger charge is -2.49. The van der Waals surface area contributed by atoms with Crippen molar-refractivity contribution < 1.29 is 39.4 Å². The smallest absolute Gasteiger partial charge is 0.161 e. The Labute approximate surface area is 374 Å². The van der Waals surface area contributed by atoms with E-state index in [1.165, 1.54) is 24.8 Å². The van der Waals surface area contributed by atoms with Gasteiger partial charge in [0.05, 0.1) is 26.0 Å². The van der Waals surface area contributed by atoms with Gasteiger partial charge in [-0.25, -0.2) is 0 Å². The topological polar surface area (TPSA) is 170 Å². The molecule has 2 bridgehead atoms. The second-order valence-electron chi connectivity index (χ2n) is 18.4. The third-order valence-corrected chi connectivity index (χ3v) is 14.0. The molecule has 10 rings (SSSR count). The first-order valence-electron chi connectivity index (χ1n) is 23.3. The molecule has 1 fully saturated rings. The number of phenols is 2. The maximum Gasteiger partial charge on any atom is 0.161 e. The number of rotatable bonds is 12. The summed E-state index contributed by atoms with van der Waals surface area (Å²) < 4.78 is 28.0. The molecule has 4 heterocycles. The van der Waals surface area contributed by atoms with Crippen LogP contribution in [0.5, 0.6) is 28.7 Å². The van der Waals surface area contributed by atoms with Crippen LogP contribution in [0.4, 0.5) is 0 Å². The van der Waals surface area contributed by atoms with Gasteiger partial charge in [-0.3, -0.25) is 10.6 Å². The molecule has 5 aliphatic rings. The highest BCUT2D eigenvalue weighted by atomic mass is 16.6. The standard InChI is InChI=1S/C52H60N4O8/c1-31(58)27-53-29-55-47-9-5-6-20-61-46-24-34(11-17-45(46)60)51-52(47,62-30-56-36-7-3-2-4-8-36)26-43-42-23-35(22-32-10-16-44-33(21-32)18-19-54-44)41-25-37(59)12-14-39(41)48(42)50-40(49(43)64-51)15-13-38(28-57)63-50/h10-12,14,16-19,21,24-25,31,35-36,38,47,51,53-60H,2-4,6-8,13,15,20,22-23,26-30H2,1H3. The zero-order valence-electron chi connectivity index (χ0n) is 36.6. The number of nitrogens with one attached hydrogen (secondary N) is 4. The number of H-pyrrole nitrogens is 1. The predicted molar refractivity (Wildman–Crippen MR) is 245 cm³/mol. The number of hydrogen-bond donors (Lipinski definition) is 8. The van der Waals surface area contributed by atoms with Gasteiger partial charge in [0, 0.05) is 60.5 Å². The molecule has 64 heavy (non-hydrogen) atoms. The summed E-state index contributed by atoms with van der Waals surface area (Å²) in [6.07, 6.45) is 9.55. The molecule has 3 aliphatic heterocycles. The van der Waals surface area contributed by atoms with E-state index in [1.54, 1.807) is 19.1 Å². The third kappa shape index (κ3) is 8.30. The molecule has 0 radical (unpaired) electrons. The van der Waals surface area contributed by atoms with Gasteiger partial charge in [-0.1, -0.05) is 49.3 Å². The monoisotopic (exact) mass is 868 g/mol. The summed E-state index contributed by atoms with van der Waals surface area (Å²) in [5.74, 6) is 9.07. The Morgan fingerprint density at radius 2 is 1.83 bits per heavy atom. The Hall–Kier alpha value is -5.26. The Morgan fingerprint density at radius 1 is 0.938 bits per heavy atom. The predicted octanol–water partition coefficient (Wildman–Crippen LogP) is 6.80. The van der Waals surface area contributed by atoms with Gasteiger partial charge in [0.1, 0.15) is 35.0 Å². The van der Waals surface area contributed by atoms with Crippen LogP contribution in [-0.4, -0.2) is 88.5 Å². The molecule has 4 aromatic carbocycles. The van der Waals surface area contributed by atoms with Gasteiger partial charge in [0.25, 0.3) is 0 Å². The molecule has 8 N–H and O–H groups in total. The molecule has 1 aromatic heterocycles. The van der Waals surface area contributed by atoms with Crippen LogP contribution in [0.15, 0.2) is 66.9 Å². The summed E-state index contributed by atoms with van der Waals surface area (Å²) >= 11 is 0. The molecule has 12 heteroatoms. The number of benzene rings is 4. The van der Waals surface area contributed by atoms with Crippen molar-refractivity contribution in [2.45, 2.75) is 119 Å². The van der Waals surface area contributed by atoms with Gasteiger partial charge < -0.3 is 49.7 Å². The number of phenolic OH excluding ortho intramolecular Hbond substituents is 2. The van der Waals surface area contributed by atoms with E-state index in [1.807, 2.05) is 30.5 Å². The molecule has 0 spiro atoms. The largest absolute Gasteiger partial charge is 0.508 e. The van der Waals surface area contributed by atoms with Gasteiger partial charge in [-0.2, -0.15) is 0 Å². The van der Waals surface area contributed by atoms with Crippen molar-refractivity contribution in [2.75, 3.05) is 33.2 Å². The maximum absolute atomic E-state index is 11.0. The van der Waals surface area contributed by atoms with Crippen LogP contribution in [0, 0.1) is 11.8 Å². The first kappa shape index (κ1) is 42.7. The summed E-state index contributed by atoms with van der Waals surface area (Å²) in [5.41, 5.74) is 8.03. The fourth-order valence-electron chi connectivity index (χ4n) is 10.9. The summed E-state index contributed by atoms with van der Waals surface area (Å²) in [6.45, 7) is 2.95. The molecular weight excluding hydrogens is 809 g/mol. The number of aliphatic hydroxyl groups is 2. The first-order valence-corrected chi connectivity index (χ1v) is 23.3. The second kappa shape index (κ2) is 18.3. The zero-order valence-corrected chi connectivity index (χ0v) is 36.6. The van der Waals surface area contributed by atoms with Crippen LogP contribution in [0.25, 0.3) is 22.0 Å². The summed E-state index contributed by atoms with van der Waals surface area (Å²) in [6, 6.07) is 19.5. The Balaban J connectivity index is 1.17. The van der Waals surface area contributed by atoms with E-state index in [4.69, 9.17) is 18.9 Å². The first-order chi connectivity index (χ1) is 31.3. The Morgan fingerprint density at radius 3 is 2.69 bits per heavy atom.